The van der Waals surface area contributed by atoms with Crippen LogP contribution in [0.4, 0.5) is 0 Å². The van der Waals surface area contributed by atoms with Gasteiger partial charge in [-0.15, -0.1) is 0 Å². The van der Waals surface area contributed by atoms with Gasteiger partial charge >= 0.3 is 0 Å². The number of carbonyl (C=O) groups excluding carboxylic acids is 1. The van der Waals surface area contributed by atoms with Gasteiger partial charge < -0.3 is 20.5 Å². The highest BCUT2D eigenvalue weighted by Gasteiger charge is 2.13. The SMILES string of the molecule is CC(NCCCCC(N)=O)c1ccc2c(c1)OCCCO2. The van der Waals surface area contributed by atoms with E-state index in [1.807, 2.05) is 12.1 Å². The van der Waals surface area contributed by atoms with Crippen molar-refractivity contribution in [2.24, 2.45) is 5.73 Å². The fourth-order valence-corrected chi connectivity index (χ4v) is 2.31. The van der Waals surface area contributed by atoms with Crippen molar-refractivity contribution in [1.29, 1.82) is 0 Å². The van der Waals surface area contributed by atoms with Gasteiger partial charge in [0.1, 0.15) is 0 Å². The number of benzene rings is 1. The van der Waals surface area contributed by atoms with Crippen LogP contribution in [0.25, 0.3) is 0 Å². The zero-order valence-electron chi connectivity index (χ0n) is 12.6. The van der Waals surface area contributed by atoms with Crippen LogP contribution in [0, 0.1) is 0 Å². The van der Waals surface area contributed by atoms with Crippen LogP contribution < -0.4 is 20.5 Å². The van der Waals surface area contributed by atoms with E-state index in [1.54, 1.807) is 0 Å². The Kier molecular flexibility index (Phi) is 5.87. The van der Waals surface area contributed by atoms with Crippen molar-refractivity contribution >= 4 is 5.91 Å². The summed E-state index contributed by atoms with van der Waals surface area (Å²) in [6, 6.07) is 6.31. The quantitative estimate of drug-likeness (QED) is 0.755. The van der Waals surface area contributed by atoms with E-state index in [0.29, 0.717) is 19.6 Å². The fourth-order valence-electron chi connectivity index (χ4n) is 2.31. The Labute approximate surface area is 125 Å². The molecule has 0 aliphatic carbocycles. The number of rotatable bonds is 7. The average molecular weight is 292 g/mol. The molecule has 0 aromatic heterocycles. The third-order valence-corrected chi connectivity index (χ3v) is 3.57. The summed E-state index contributed by atoms with van der Waals surface area (Å²) < 4.78 is 11.3. The standard InChI is InChI=1S/C16H24N2O3/c1-12(18-8-3-2-5-16(17)19)13-6-7-14-15(11-13)21-10-4-9-20-14/h6-7,11-12,18H,2-5,8-10H2,1H3,(H2,17,19). The third-order valence-electron chi connectivity index (χ3n) is 3.57. The minimum Gasteiger partial charge on any atom is -0.490 e. The molecule has 5 heteroatoms. The Balaban J connectivity index is 1.83. The van der Waals surface area contributed by atoms with Crippen molar-refractivity contribution in [2.45, 2.75) is 38.6 Å². The highest BCUT2D eigenvalue weighted by molar-refractivity contribution is 5.73. The van der Waals surface area contributed by atoms with E-state index in [0.717, 1.165) is 37.3 Å². The first kappa shape index (κ1) is 15.6. The van der Waals surface area contributed by atoms with Crippen molar-refractivity contribution in [3.05, 3.63) is 23.8 Å². The van der Waals surface area contributed by atoms with Crippen molar-refractivity contribution < 1.29 is 14.3 Å². The number of unbranched alkanes of at least 4 members (excludes halogenated alkanes) is 1. The van der Waals surface area contributed by atoms with Crippen molar-refractivity contribution in [3.63, 3.8) is 0 Å². The lowest BCUT2D eigenvalue weighted by molar-refractivity contribution is -0.118. The number of ether oxygens (including phenoxy) is 2. The molecule has 1 aromatic carbocycles. The van der Waals surface area contributed by atoms with Gasteiger partial charge in [0, 0.05) is 18.9 Å². The first-order chi connectivity index (χ1) is 10.2. The molecular formula is C16H24N2O3. The molecule has 21 heavy (non-hydrogen) atoms. The third kappa shape index (κ3) is 4.93. The van der Waals surface area contributed by atoms with Crippen LogP contribution in [0.5, 0.6) is 11.5 Å². The highest BCUT2D eigenvalue weighted by atomic mass is 16.5. The number of carbonyl (C=O) groups is 1. The van der Waals surface area contributed by atoms with Gasteiger partial charge in [0.15, 0.2) is 11.5 Å². The van der Waals surface area contributed by atoms with Gasteiger partial charge in [0.05, 0.1) is 13.2 Å². The van der Waals surface area contributed by atoms with Gasteiger partial charge in [-0.25, -0.2) is 0 Å². The minimum absolute atomic E-state index is 0.231. The van der Waals surface area contributed by atoms with Crippen LogP contribution in [0.3, 0.4) is 0 Å². The predicted octanol–water partition coefficient (Wildman–Crippen LogP) is 2.15. The number of amides is 1. The number of hydrogen-bond donors (Lipinski definition) is 2. The lowest BCUT2D eigenvalue weighted by atomic mass is 10.1. The molecule has 1 atom stereocenters. The summed E-state index contributed by atoms with van der Waals surface area (Å²) in [7, 11) is 0. The molecule has 0 bridgehead atoms. The molecule has 0 spiro atoms. The Morgan fingerprint density at radius 3 is 2.81 bits per heavy atom. The molecule has 1 aliphatic rings. The Bertz CT molecular complexity index is 477. The van der Waals surface area contributed by atoms with E-state index >= 15 is 0 Å². The van der Waals surface area contributed by atoms with Crippen molar-refractivity contribution in [3.8, 4) is 11.5 Å². The molecule has 5 nitrogen and oxygen atoms in total. The van der Waals surface area contributed by atoms with Gasteiger partial charge in [0.2, 0.25) is 5.91 Å². The lowest BCUT2D eigenvalue weighted by Crippen LogP contribution is -2.20. The number of hydrogen-bond acceptors (Lipinski definition) is 4. The van der Waals surface area contributed by atoms with Gasteiger partial charge in [-0.2, -0.15) is 0 Å². The molecule has 3 N–H and O–H groups in total. The van der Waals surface area contributed by atoms with Crippen LogP contribution in [0.2, 0.25) is 0 Å². The highest BCUT2D eigenvalue weighted by Crippen LogP contribution is 2.32. The zero-order valence-corrected chi connectivity index (χ0v) is 12.6. The summed E-state index contributed by atoms with van der Waals surface area (Å²) in [5.41, 5.74) is 6.29. The van der Waals surface area contributed by atoms with E-state index in [1.165, 1.54) is 5.56 Å². The smallest absolute Gasteiger partial charge is 0.217 e. The van der Waals surface area contributed by atoms with Crippen LogP contribution >= 0.6 is 0 Å². The maximum absolute atomic E-state index is 10.7. The molecule has 0 saturated heterocycles. The number of fused-ring (bicyclic) bond motifs is 1. The molecule has 116 valence electrons. The van der Waals surface area contributed by atoms with E-state index < -0.39 is 0 Å². The molecule has 0 fully saturated rings. The molecular weight excluding hydrogens is 268 g/mol. The topological polar surface area (TPSA) is 73.6 Å². The summed E-state index contributed by atoms with van der Waals surface area (Å²) >= 11 is 0. The second kappa shape index (κ2) is 7.88. The van der Waals surface area contributed by atoms with E-state index in [-0.39, 0.29) is 11.9 Å². The van der Waals surface area contributed by atoms with Crippen molar-refractivity contribution in [1.82, 2.24) is 5.32 Å². The van der Waals surface area contributed by atoms with Gasteiger partial charge in [-0.1, -0.05) is 6.07 Å². The van der Waals surface area contributed by atoms with Crippen LogP contribution in [-0.2, 0) is 4.79 Å². The maximum atomic E-state index is 10.7. The molecule has 0 saturated carbocycles. The maximum Gasteiger partial charge on any atom is 0.217 e. The molecule has 0 radical (unpaired) electrons. The monoisotopic (exact) mass is 292 g/mol. The summed E-state index contributed by atoms with van der Waals surface area (Å²) in [5.74, 6) is 1.42. The normalized spacial score (nSPS) is 15.3. The first-order valence-electron chi connectivity index (χ1n) is 7.58. The largest absolute Gasteiger partial charge is 0.490 e. The molecule has 1 amide bonds. The summed E-state index contributed by atoms with van der Waals surface area (Å²) in [5, 5.41) is 3.45. The Morgan fingerprint density at radius 1 is 1.29 bits per heavy atom. The number of nitrogens with one attached hydrogen (secondary N) is 1. The molecule has 1 heterocycles. The number of primary amides is 1. The summed E-state index contributed by atoms with van der Waals surface area (Å²) in [6.07, 6.45) is 3.14. The molecule has 2 rings (SSSR count). The fraction of sp³-hybridized carbons (Fsp3) is 0.562. The minimum atomic E-state index is -0.231. The molecule has 1 aliphatic heterocycles. The second-order valence-electron chi connectivity index (χ2n) is 5.36. The van der Waals surface area contributed by atoms with Crippen LogP contribution in [-0.4, -0.2) is 25.7 Å². The van der Waals surface area contributed by atoms with E-state index in [4.69, 9.17) is 15.2 Å². The predicted molar refractivity (Wildman–Crippen MR) is 81.5 cm³/mol. The lowest BCUT2D eigenvalue weighted by Gasteiger charge is -2.16. The Hall–Kier alpha value is -1.75. The molecule has 1 unspecified atom stereocenters. The second-order valence-corrected chi connectivity index (χ2v) is 5.36. The van der Waals surface area contributed by atoms with Crippen molar-refractivity contribution in [2.75, 3.05) is 19.8 Å². The van der Waals surface area contributed by atoms with E-state index in [2.05, 4.69) is 18.3 Å². The van der Waals surface area contributed by atoms with Gasteiger partial charge in [0.25, 0.3) is 0 Å². The zero-order chi connectivity index (χ0) is 15.1. The Morgan fingerprint density at radius 2 is 2.05 bits per heavy atom. The summed E-state index contributed by atoms with van der Waals surface area (Å²) in [6.45, 7) is 4.39. The van der Waals surface area contributed by atoms with E-state index in [9.17, 15) is 4.79 Å². The molecule has 1 aromatic rings. The summed E-state index contributed by atoms with van der Waals surface area (Å²) in [4.78, 5) is 10.7. The van der Waals surface area contributed by atoms with Crippen LogP contribution in [0.15, 0.2) is 18.2 Å². The van der Waals surface area contributed by atoms with Gasteiger partial charge in [-0.05, 0) is 44.0 Å². The van der Waals surface area contributed by atoms with Gasteiger partial charge in [-0.3, -0.25) is 4.79 Å². The number of nitrogens with two attached hydrogens (primary N) is 1. The van der Waals surface area contributed by atoms with Crippen LogP contribution in [0.1, 0.15) is 44.2 Å². The average Bonchev–Trinajstić information content (AvgIpc) is 2.70. The first-order valence-corrected chi connectivity index (χ1v) is 7.58.